The van der Waals surface area contributed by atoms with Gasteiger partial charge in [-0.05, 0) is 43.4 Å². The Bertz CT molecular complexity index is 578. The van der Waals surface area contributed by atoms with E-state index in [-0.39, 0.29) is 23.5 Å². The number of Topliss-reactive ketones (excluding diaryl/α,β-unsaturated/α-hetero) is 1. The van der Waals surface area contributed by atoms with Gasteiger partial charge in [0.15, 0.2) is 6.10 Å². The second-order valence-corrected chi connectivity index (χ2v) is 9.01. The highest BCUT2D eigenvalue weighted by Crippen LogP contribution is 2.44. The van der Waals surface area contributed by atoms with Gasteiger partial charge in [0.05, 0.1) is 6.10 Å². The van der Waals surface area contributed by atoms with Crippen LogP contribution in [0.4, 0.5) is 0 Å². The van der Waals surface area contributed by atoms with E-state index in [0.29, 0.717) is 19.3 Å². The molecule has 0 bridgehead atoms. The quantitative estimate of drug-likeness (QED) is 0.430. The maximum atomic E-state index is 12.5. The summed E-state index contributed by atoms with van der Waals surface area (Å²) in [5.74, 6) is -0.889. The van der Waals surface area contributed by atoms with Gasteiger partial charge >= 0.3 is 5.97 Å². The van der Waals surface area contributed by atoms with E-state index in [1.165, 1.54) is 0 Å². The van der Waals surface area contributed by atoms with Gasteiger partial charge in [0.2, 0.25) is 0 Å². The topological polar surface area (TPSA) is 94.8 Å². The highest BCUT2D eigenvalue weighted by Gasteiger charge is 2.43. The van der Waals surface area contributed by atoms with Crippen molar-refractivity contribution in [2.75, 3.05) is 0 Å². The molecule has 0 aliphatic heterocycles. The molecule has 0 amide bonds. The first-order chi connectivity index (χ1) is 13.0. The lowest BCUT2D eigenvalue weighted by atomic mass is 9.75. The summed E-state index contributed by atoms with van der Waals surface area (Å²) in [5.41, 5.74) is -0.678. The van der Waals surface area contributed by atoms with Gasteiger partial charge in [-0.2, -0.15) is 0 Å². The highest BCUT2D eigenvalue weighted by atomic mass is 16.4. The van der Waals surface area contributed by atoms with E-state index in [0.717, 1.165) is 25.7 Å². The smallest absolute Gasteiger partial charge is 0.332 e. The molecule has 0 saturated heterocycles. The van der Waals surface area contributed by atoms with Crippen LogP contribution in [0.5, 0.6) is 0 Å². The number of hydrogen-bond donors (Lipinski definition) is 3. The fraction of sp³-hybridized carbons (Fsp3) is 0.739. The lowest BCUT2D eigenvalue weighted by Gasteiger charge is -2.30. The first kappa shape index (κ1) is 24.6. The molecule has 5 nitrogen and oxygen atoms in total. The summed E-state index contributed by atoms with van der Waals surface area (Å²) in [6.07, 6.45) is 11.5. The molecule has 3 N–H and O–H groups in total. The van der Waals surface area contributed by atoms with Crippen LogP contribution >= 0.6 is 0 Å². The molecule has 4 atom stereocenters. The van der Waals surface area contributed by atoms with Crippen molar-refractivity contribution in [1.82, 2.24) is 0 Å². The van der Waals surface area contributed by atoms with Crippen LogP contribution in [-0.2, 0) is 9.59 Å². The van der Waals surface area contributed by atoms with Crippen molar-refractivity contribution >= 4 is 11.8 Å². The number of ketones is 1. The van der Waals surface area contributed by atoms with Crippen molar-refractivity contribution < 1.29 is 24.9 Å². The van der Waals surface area contributed by atoms with Crippen molar-refractivity contribution in [2.45, 2.75) is 91.3 Å². The SMILES string of the molecule is CCCCC(C)(C)C(O)C=C[C@H]1CCC(=O)[C@]1(C)CC=CCCC(O)C(=O)O. The second kappa shape index (κ2) is 10.9. The monoisotopic (exact) mass is 394 g/mol. The molecule has 0 aromatic rings. The zero-order valence-electron chi connectivity index (χ0n) is 17.9. The number of aliphatic hydroxyl groups excluding tert-OH is 2. The van der Waals surface area contributed by atoms with Crippen molar-refractivity contribution in [2.24, 2.45) is 16.7 Å². The van der Waals surface area contributed by atoms with Gasteiger partial charge < -0.3 is 15.3 Å². The number of aliphatic hydroxyl groups is 2. The largest absolute Gasteiger partial charge is 0.479 e. The first-order valence-corrected chi connectivity index (χ1v) is 10.5. The molecule has 1 aliphatic carbocycles. The molecule has 28 heavy (non-hydrogen) atoms. The predicted molar refractivity (Wildman–Crippen MR) is 111 cm³/mol. The number of unbranched alkanes of at least 4 members (excludes halogenated alkanes) is 1. The third-order valence-corrected chi connectivity index (χ3v) is 6.24. The fourth-order valence-electron chi connectivity index (χ4n) is 3.78. The molecule has 1 rings (SSSR count). The van der Waals surface area contributed by atoms with Gasteiger partial charge in [0.1, 0.15) is 5.78 Å². The summed E-state index contributed by atoms with van der Waals surface area (Å²) in [5, 5.41) is 28.6. The van der Waals surface area contributed by atoms with E-state index in [2.05, 4.69) is 20.8 Å². The average molecular weight is 395 g/mol. The van der Waals surface area contributed by atoms with Gasteiger partial charge in [-0.3, -0.25) is 4.79 Å². The molecule has 1 aliphatic rings. The van der Waals surface area contributed by atoms with Crippen LogP contribution in [0.15, 0.2) is 24.3 Å². The second-order valence-electron chi connectivity index (χ2n) is 9.01. The number of carboxylic acids is 1. The predicted octanol–water partition coefficient (Wildman–Crippen LogP) is 4.28. The Balaban J connectivity index is 2.68. The minimum absolute atomic E-state index is 0.0888. The van der Waals surface area contributed by atoms with Crippen LogP contribution in [0.25, 0.3) is 0 Å². The van der Waals surface area contributed by atoms with Crippen LogP contribution < -0.4 is 0 Å². The Morgan fingerprint density at radius 2 is 2.00 bits per heavy atom. The number of allylic oxidation sites excluding steroid dienone is 3. The number of carbonyl (C=O) groups excluding carboxylic acids is 1. The van der Waals surface area contributed by atoms with Crippen molar-refractivity contribution in [3.63, 3.8) is 0 Å². The van der Waals surface area contributed by atoms with E-state index in [9.17, 15) is 19.8 Å². The average Bonchev–Trinajstić information content (AvgIpc) is 2.91. The van der Waals surface area contributed by atoms with E-state index in [4.69, 9.17) is 5.11 Å². The number of aliphatic carboxylic acids is 1. The van der Waals surface area contributed by atoms with Gasteiger partial charge in [0.25, 0.3) is 0 Å². The standard InChI is InChI=1S/C23H38O5/c1-5-6-15-22(2,3)19(25)13-11-17-12-14-20(26)23(17,4)16-9-7-8-10-18(24)21(27)28/h7,9,11,13,17-19,24-25H,5-6,8,10,12,14-16H2,1-4H3,(H,27,28)/t17-,18?,19?,23+/m0/s1. The van der Waals surface area contributed by atoms with Crippen molar-refractivity contribution in [1.29, 1.82) is 0 Å². The number of carbonyl (C=O) groups is 2. The summed E-state index contributed by atoms with van der Waals surface area (Å²) in [6, 6.07) is 0. The summed E-state index contributed by atoms with van der Waals surface area (Å²) < 4.78 is 0. The molecule has 0 radical (unpaired) electrons. The maximum absolute atomic E-state index is 12.5. The van der Waals surface area contributed by atoms with Crippen molar-refractivity contribution in [3.05, 3.63) is 24.3 Å². The summed E-state index contributed by atoms with van der Waals surface area (Å²) >= 11 is 0. The van der Waals surface area contributed by atoms with Crippen LogP contribution in [0.3, 0.4) is 0 Å². The summed E-state index contributed by atoms with van der Waals surface area (Å²) in [6.45, 7) is 8.27. The Kier molecular flexibility index (Phi) is 9.58. The van der Waals surface area contributed by atoms with Gasteiger partial charge in [0, 0.05) is 11.8 Å². The van der Waals surface area contributed by atoms with Gasteiger partial charge in [-0.1, -0.05) is 64.8 Å². The lowest BCUT2D eigenvalue weighted by molar-refractivity contribution is -0.146. The molecule has 1 saturated carbocycles. The Morgan fingerprint density at radius 1 is 1.32 bits per heavy atom. The molecular weight excluding hydrogens is 356 g/mol. The van der Waals surface area contributed by atoms with Crippen LogP contribution in [0, 0.1) is 16.7 Å². The fourth-order valence-corrected chi connectivity index (χ4v) is 3.78. The van der Waals surface area contributed by atoms with Crippen LogP contribution in [0.1, 0.15) is 79.1 Å². The molecule has 2 unspecified atom stereocenters. The van der Waals surface area contributed by atoms with E-state index in [1.54, 1.807) is 0 Å². The Morgan fingerprint density at radius 3 is 2.61 bits per heavy atom. The van der Waals surface area contributed by atoms with Gasteiger partial charge in [-0.25, -0.2) is 4.79 Å². The number of hydrogen-bond acceptors (Lipinski definition) is 4. The van der Waals surface area contributed by atoms with E-state index in [1.807, 2.05) is 31.2 Å². The number of rotatable bonds is 12. The minimum atomic E-state index is -1.35. The molecule has 0 heterocycles. The summed E-state index contributed by atoms with van der Waals surface area (Å²) in [7, 11) is 0. The summed E-state index contributed by atoms with van der Waals surface area (Å²) in [4.78, 5) is 23.1. The van der Waals surface area contributed by atoms with Crippen molar-refractivity contribution in [3.8, 4) is 0 Å². The molecule has 0 aromatic carbocycles. The molecule has 5 heteroatoms. The molecular formula is C23H38O5. The molecule has 0 spiro atoms. The Hall–Kier alpha value is -1.46. The maximum Gasteiger partial charge on any atom is 0.332 e. The molecule has 1 fully saturated rings. The third kappa shape index (κ3) is 6.85. The number of carboxylic acid groups (broad SMARTS) is 1. The first-order valence-electron chi connectivity index (χ1n) is 10.5. The highest BCUT2D eigenvalue weighted by molar-refractivity contribution is 5.87. The van der Waals surface area contributed by atoms with Crippen LogP contribution in [0.2, 0.25) is 0 Å². The lowest BCUT2D eigenvalue weighted by Crippen LogP contribution is -2.30. The third-order valence-electron chi connectivity index (χ3n) is 6.24. The van der Waals surface area contributed by atoms with Gasteiger partial charge in [-0.15, -0.1) is 0 Å². The molecule has 0 aromatic heterocycles. The normalized spacial score (nSPS) is 25.6. The molecule has 160 valence electrons. The van der Waals surface area contributed by atoms with E-state index >= 15 is 0 Å². The van der Waals surface area contributed by atoms with E-state index < -0.39 is 23.6 Å². The zero-order chi connectivity index (χ0) is 21.4. The zero-order valence-corrected chi connectivity index (χ0v) is 17.9. The minimum Gasteiger partial charge on any atom is -0.479 e. The van der Waals surface area contributed by atoms with Crippen LogP contribution in [-0.4, -0.2) is 39.3 Å². The Labute approximate surface area is 169 Å².